The van der Waals surface area contributed by atoms with Crippen LogP contribution in [0.4, 0.5) is 22.7 Å². The van der Waals surface area contributed by atoms with Crippen LogP contribution in [0.5, 0.6) is 0 Å². The molecule has 0 radical (unpaired) electrons. The Morgan fingerprint density at radius 2 is 0.960 bits per heavy atom. The number of benzene rings is 2. The van der Waals surface area contributed by atoms with E-state index in [4.69, 9.17) is 0 Å². The summed E-state index contributed by atoms with van der Waals surface area (Å²) in [5.74, 6) is -0.303. The van der Waals surface area contributed by atoms with Gasteiger partial charge >= 0.3 is 0 Å². The Kier molecular flexibility index (Phi) is 6.17. The molecule has 2 aromatic carbocycles. The molecule has 0 aliphatic carbocycles. The zero-order chi connectivity index (χ0) is 18.4. The third kappa shape index (κ3) is 5.08. The molecule has 0 heterocycles. The summed E-state index contributed by atoms with van der Waals surface area (Å²) in [6, 6.07) is 15.0. The summed E-state index contributed by atoms with van der Waals surface area (Å²) in [6.07, 6.45) is 0. The van der Waals surface area contributed by atoms with Gasteiger partial charge in [-0.2, -0.15) is 0 Å². The standard InChI is InChI=1S/C20H25N3O2/c1-13(2)19(24)22-17-11-7-5-9-15(17)21-16-10-6-8-12-18(16)23-20(25)14(3)4/h5-14,21H,1-4H3,(H,22,24)(H,23,25). The lowest BCUT2D eigenvalue weighted by atomic mass is 10.1. The molecule has 5 nitrogen and oxygen atoms in total. The molecule has 0 saturated heterocycles. The zero-order valence-electron chi connectivity index (χ0n) is 15.1. The van der Waals surface area contributed by atoms with Crippen LogP contribution in [0.2, 0.25) is 0 Å². The Labute approximate surface area is 148 Å². The number of anilines is 4. The van der Waals surface area contributed by atoms with E-state index in [2.05, 4.69) is 16.0 Å². The van der Waals surface area contributed by atoms with Gasteiger partial charge in [0.25, 0.3) is 0 Å². The summed E-state index contributed by atoms with van der Waals surface area (Å²) in [4.78, 5) is 24.0. The summed E-state index contributed by atoms with van der Waals surface area (Å²) < 4.78 is 0. The first-order chi connectivity index (χ1) is 11.9. The average molecular weight is 339 g/mol. The Bertz CT molecular complexity index is 691. The van der Waals surface area contributed by atoms with Gasteiger partial charge in [0.05, 0.1) is 22.7 Å². The fourth-order valence-electron chi connectivity index (χ4n) is 2.10. The minimum atomic E-state index is -0.106. The fraction of sp³-hybridized carbons (Fsp3) is 0.300. The Hall–Kier alpha value is -2.82. The predicted molar refractivity (Wildman–Crippen MR) is 103 cm³/mol. The molecule has 3 N–H and O–H groups in total. The second-order valence-corrected chi connectivity index (χ2v) is 6.50. The quantitative estimate of drug-likeness (QED) is 0.719. The van der Waals surface area contributed by atoms with Crippen molar-refractivity contribution in [3.8, 4) is 0 Å². The second kappa shape index (κ2) is 8.33. The summed E-state index contributed by atoms with van der Waals surface area (Å²) in [6.45, 7) is 7.40. The molecule has 0 aliphatic heterocycles. The lowest BCUT2D eigenvalue weighted by Crippen LogP contribution is -2.19. The number of carbonyl (C=O) groups excluding carboxylic acids is 2. The highest BCUT2D eigenvalue weighted by atomic mass is 16.2. The van der Waals surface area contributed by atoms with Gasteiger partial charge in [-0.3, -0.25) is 9.59 Å². The van der Waals surface area contributed by atoms with Gasteiger partial charge in [-0.15, -0.1) is 0 Å². The van der Waals surface area contributed by atoms with Crippen LogP contribution in [0.25, 0.3) is 0 Å². The van der Waals surface area contributed by atoms with Crippen molar-refractivity contribution in [2.75, 3.05) is 16.0 Å². The van der Waals surface area contributed by atoms with E-state index in [1.165, 1.54) is 0 Å². The van der Waals surface area contributed by atoms with E-state index in [9.17, 15) is 9.59 Å². The van der Waals surface area contributed by atoms with Crippen LogP contribution in [0.3, 0.4) is 0 Å². The Balaban J connectivity index is 2.26. The molecule has 0 unspecified atom stereocenters. The van der Waals surface area contributed by atoms with E-state index in [0.29, 0.717) is 11.4 Å². The lowest BCUT2D eigenvalue weighted by Gasteiger charge is -2.17. The maximum atomic E-state index is 12.0. The molecular formula is C20H25N3O2. The van der Waals surface area contributed by atoms with Crippen LogP contribution in [0, 0.1) is 11.8 Å². The number of amides is 2. The molecule has 0 spiro atoms. The molecule has 132 valence electrons. The highest BCUT2D eigenvalue weighted by Gasteiger charge is 2.13. The van der Waals surface area contributed by atoms with Crippen molar-refractivity contribution in [1.82, 2.24) is 0 Å². The molecule has 2 rings (SSSR count). The number of hydrogen-bond donors (Lipinski definition) is 3. The molecule has 2 aromatic rings. The molecular weight excluding hydrogens is 314 g/mol. The maximum absolute atomic E-state index is 12.0. The van der Waals surface area contributed by atoms with Gasteiger partial charge in [-0.1, -0.05) is 52.0 Å². The molecule has 0 atom stereocenters. The Morgan fingerprint density at radius 3 is 1.28 bits per heavy atom. The molecule has 0 bridgehead atoms. The van der Waals surface area contributed by atoms with E-state index in [0.717, 1.165) is 11.4 Å². The molecule has 0 saturated carbocycles. The molecule has 5 heteroatoms. The second-order valence-electron chi connectivity index (χ2n) is 6.50. The number of para-hydroxylation sites is 4. The van der Waals surface area contributed by atoms with E-state index < -0.39 is 0 Å². The van der Waals surface area contributed by atoms with Crippen molar-refractivity contribution in [2.24, 2.45) is 11.8 Å². The van der Waals surface area contributed by atoms with E-state index in [1.807, 2.05) is 76.2 Å². The highest BCUT2D eigenvalue weighted by Crippen LogP contribution is 2.30. The minimum absolute atomic E-state index is 0.0457. The monoisotopic (exact) mass is 339 g/mol. The first kappa shape index (κ1) is 18.5. The summed E-state index contributed by atoms with van der Waals surface area (Å²) in [7, 11) is 0. The highest BCUT2D eigenvalue weighted by molar-refractivity contribution is 5.98. The normalized spacial score (nSPS) is 10.6. The summed E-state index contributed by atoms with van der Waals surface area (Å²) in [5.41, 5.74) is 2.93. The van der Waals surface area contributed by atoms with Crippen LogP contribution >= 0.6 is 0 Å². The van der Waals surface area contributed by atoms with Gasteiger partial charge in [0.1, 0.15) is 0 Å². The van der Waals surface area contributed by atoms with Crippen LogP contribution in [0.15, 0.2) is 48.5 Å². The molecule has 0 aromatic heterocycles. The van der Waals surface area contributed by atoms with Crippen LogP contribution in [-0.4, -0.2) is 11.8 Å². The Morgan fingerprint density at radius 1 is 0.640 bits per heavy atom. The van der Waals surface area contributed by atoms with Crippen LogP contribution in [-0.2, 0) is 9.59 Å². The third-order valence-electron chi connectivity index (χ3n) is 3.69. The predicted octanol–water partition coefficient (Wildman–Crippen LogP) is 4.62. The topological polar surface area (TPSA) is 70.2 Å². The molecule has 2 amide bonds. The van der Waals surface area contributed by atoms with E-state index >= 15 is 0 Å². The van der Waals surface area contributed by atoms with Crippen molar-refractivity contribution in [2.45, 2.75) is 27.7 Å². The number of rotatable bonds is 6. The SMILES string of the molecule is CC(C)C(=O)Nc1ccccc1Nc1ccccc1NC(=O)C(C)C. The minimum Gasteiger partial charge on any atom is -0.352 e. The lowest BCUT2D eigenvalue weighted by molar-refractivity contribution is -0.119. The fourth-order valence-corrected chi connectivity index (χ4v) is 2.10. The number of hydrogen-bond acceptors (Lipinski definition) is 3. The summed E-state index contributed by atoms with van der Waals surface area (Å²) >= 11 is 0. The zero-order valence-corrected chi connectivity index (χ0v) is 15.1. The van der Waals surface area contributed by atoms with Gasteiger partial charge in [-0.25, -0.2) is 0 Å². The first-order valence-electron chi connectivity index (χ1n) is 8.45. The molecule has 0 aliphatic rings. The van der Waals surface area contributed by atoms with E-state index in [-0.39, 0.29) is 23.7 Å². The average Bonchev–Trinajstić information content (AvgIpc) is 2.58. The summed E-state index contributed by atoms with van der Waals surface area (Å²) in [5, 5.41) is 9.14. The van der Waals surface area contributed by atoms with Crippen LogP contribution in [0.1, 0.15) is 27.7 Å². The molecule has 0 fully saturated rings. The van der Waals surface area contributed by atoms with Crippen molar-refractivity contribution < 1.29 is 9.59 Å². The van der Waals surface area contributed by atoms with Crippen molar-refractivity contribution in [3.63, 3.8) is 0 Å². The molecule has 25 heavy (non-hydrogen) atoms. The van der Waals surface area contributed by atoms with Gasteiger partial charge in [-0.05, 0) is 24.3 Å². The van der Waals surface area contributed by atoms with Gasteiger partial charge in [0.15, 0.2) is 0 Å². The van der Waals surface area contributed by atoms with Crippen molar-refractivity contribution in [1.29, 1.82) is 0 Å². The van der Waals surface area contributed by atoms with Crippen molar-refractivity contribution in [3.05, 3.63) is 48.5 Å². The third-order valence-corrected chi connectivity index (χ3v) is 3.69. The van der Waals surface area contributed by atoms with Crippen molar-refractivity contribution >= 4 is 34.6 Å². The number of carbonyl (C=O) groups is 2. The first-order valence-corrected chi connectivity index (χ1v) is 8.45. The van der Waals surface area contributed by atoms with Gasteiger partial charge < -0.3 is 16.0 Å². The van der Waals surface area contributed by atoms with Crippen LogP contribution < -0.4 is 16.0 Å². The van der Waals surface area contributed by atoms with Gasteiger partial charge in [0, 0.05) is 11.8 Å². The van der Waals surface area contributed by atoms with Gasteiger partial charge in [0.2, 0.25) is 11.8 Å². The largest absolute Gasteiger partial charge is 0.352 e. The number of nitrogens with one attached hydrogen (secondary N) is 3. The smallest absolute Gasteiger partial charge is 0.226 e. The van der Waals surface area contributed by atoms with E-state index in [1.54, 1.807) is 0 Å². The maximum Gasteiger partial charge on any atom is 0.226 e.